The van der Waals surface area contributed by atoms with Gasteiger partial charge in [0.05, 0.1) is 5.25 Å². The number of thioether (sulfide) groups is 1. The van der Waals surface area contributed by atoms with Gasteiger partial charge in [-0.25, -0.2) is 0 Å². The van der Waals surface area contributed by atoms with Crippen molar-refractivity contribution in [2.75, 3.05) is 0 Å². The highest BCUT2D eigenvalue weighted by Gasteiger charge is 2.44. The van der Waals surface area contributed by atoms with E-state index in [-0.39, 0.29) is 22.5 Å². The molecule has 0 spiro atoms. The molecule has 110 valence electrons. The van der Waals surface area contributed by atoms with Crippen LogP contribution in [0.5, 0.6) is 0 Å². The Kier molecular flexibility index (Phi) is 4.76. The number of hydrogen-bond donors (Lipinski definition) is 0. The number of hydrogen-bond acceptors (Lipinski definition) is 3. The van der Waals surface area contributed by atoms with Crippen LogP contribution in [0.4, 0.5) is 0 Å². The van der Waals surface area contributed by atoms with Crippen LogP contribution in [0.15, 0.2) is 0 Å². The molecule has 1 saturated heterocycles. The molecular weight excluding hydrogens is 258 g/mol. The monoisotopic (exact) mass is 285 g/mol. The average Bonchev–Trinajstić information content (AvgIpc) is 2.36. The average molecular weight is 285 g/mol. The van der Waals surface area contributed by atoms with E-state index in [1.54, 1.807) is 11.8 Å². The SMILES string of the molecule is CC(CC(C)(C)C)SC1CC(=O)N(C(C)(C)C)C1=O. The van der Waals surface area contributed by atoms with Gasteiger partial charge in [0.1, 0.15) is 0 Å². The Labute approximate surface area is 121 Å². The fraction of sp³-hybridized carbons (Fsp3) is 0.867. The van der Waals surface area contributed by atoms with Crippen LogP contribution in [-0.2, 0) is 9.59 Å². The van der Waals surface area contributed by atoms with Gasteiger partial charge in [0.2, 0.25) is 11.8 Å². The summed E-state index contributed by atoms with van der Waals surface area (Å²) in [6, 6.07) is 0. The number of nitrogens with zero attached hydrogens (tertiary/aromatic N) is 1. The molecule has 0 radical (unpaired) electrons. The molecule has 0 saturated carbocycles. The number of rotatable bonds is 3. The highest BCUT2D eigenvalue weighted by molar-refractivity contribution is 8.01. The number of carbonyl (C=O) groups excluding carboxylic acids is 2. The van der Waals surface area contributed by atoms with Crippen LogP contribution >= 0.6 is 11.8 Å². The number of imide groups is 1. The Morgan fingerprint density at radius 2 is 1.74 bits per heavy atom. The van der Waals surface area contributed by atoms with Crippen LogP contribution in [0.3, 0.4) is 0 Å². The molecular formula is C15H27NO2S. The fourth-order valence-corrected chi connectivity index (χ4v) is 4.22. The molecule has 1 fully saturated rings. The van der Waals surface area contributed by atoms with Gasteiger partial charge in [-0.15, -0.1) is 11.8 Å². The van der Waals surface area contributed by atoms with E-state index in [0.29, 0.717) is 11.7 Å². The van der Waals surface area contributed by atoms with E-state index in [2.05, 4.69) is 27.7 Å². The minimum atomic E-state index is -0.406. The Morgan fingerprint density at radius 3 is 2.11 bits per heavy atom. The Bertz CT molecular complexity index is 365. The molecule has 19 heavy (non-hydrogen) atoms. The minimum Gasteiger partial charge on any atom is -0.276 e. The highest BCUT2D eigenvalue weighted by Crippen LogP contribution is 2.36. The summed E-state index contributed by atoms with van der Waals surface area (Å²) in [5, 5.41) is 0.200. The molecule has 0 aromatic heterocycles. The third-order valence-corrected chi connectivity index (χ3v) is 4.40. The zero-order valence-electron chi connectivity index (χ0n) is 13.2. The lowest BCUT2D eigenvalue weighted by atomic mass is 9.91. The molecule has 2 atom stereocenters. The summed E-state index contributed by atoms with van der Waals surface area (Å²) in [5.41, 5.74) is -0.154. The molecule has 0 aliphatic carbocycles. The van der Waals surface area contributed by atoms with Crippen molar-refractivity contribution in [2.45, 2.75) is 77.3 Å². The van der Waals surface area contributed by atoms with Crippen molar-refractivity contribution in [1.82, 2.24) is 4.90 Å². The van der Waals surface area contributed by atoms with Gasteiger partial charge in [0, 0.05) is 17.2 Å². The zero-order chi connectivity index (χ0) is 15.0. The van der Waals surface area contributed by atoms with E-state index < -0.39 is 5.54 Å². The standard InChI is InChI=1S/C15H27NO2S/c1-10(9-14(2,3)4)19-11-8-12(17)16(13(11)18)15(5,6)7/h10-11H,8-9H2,1-7H3. The van der Waals surface area contributed by atoms with Crippen LogP contribution in [0, 0.1) is 5.41 Å². The molecule has 0 N–H and O–H groups in total. The van der Waals surface area contributed by atoms with Crippen LogP contribution in [0.25, 0.3) is 0 Å². The van der Waals surface area contributed by atoms with Gasteiger partial charge in [-0.3, -0.25) is 14.5 Å². The van der Waals surface area contributed by atoms with E-state index in [9.17, 15) is 9.59 Å². The first-order valence-corrected chi connectivity index (χ1v) is 7.88. The predicted molar refractivity (Wildman–Crippen MR) is 81.1 cm³/mol. The highest BCUT2D eigenvalue weighted by atomic mass is 32.2. The summed E-state index contributed by atoms with van der Waals surface area (Å²) in [6.07, 6.45) is 1.40. The first kappa shape index (κ1) is 16.5. The molecule has 0 aromatic carbocycles. The van der Waals surface area contributed by atoms with Gasteiger partial charge >= 0.3 is 0 Å². The summed E-state index contributed by atoms with van der Waals surface area (Å²) in [5.74, 6) is -0.0405. The second-order valence-electron chi connectivity index (χ2n) is 7.64. The molecule has 2 unspecified atom stereocenters. The van der Waals surface area contributed by atoms with Gasteiger partial charge in [-0.1, -0.05) is 27.7 Å². The van der Waals surface area contributed by atoms with Crippen LogP contribution in [-0.4, -0.2) is 32.8 Å². The van der Waals surface area contributed by atoms with Gasteiger partial charge in [-0.05, 0) is 32.6 Å². The van der Waals surface area contributed by atoms with Crippen LogP contribution in [0.2, 0.25) is 0 Å². The molecule has 2 amide bonds. The molecule has 4 heteroatoms. The number of amides is 2. The van der Waals surface area contributed by atoms with Crippen molar-refractivity contribution in [1.29, 1.82) is 0 Å². The Hall–Kier alpha value is -0.510. The third kappa shape index (κ3) is 4.51. The normalized spacial score (nSPS) is 23.1. The maximum atomic E-state index is 12.3. The maximum Gasteiger partial charge on any atom is 0.243 e. The maximum absolute atomic E-state index is 12.3. The lowest BCUT2D eigenvalue weighted by Gasteiger charge is -2.30. The molecule has 0 aromatic rings. The first-order valence-electron chi connectivity index (χ1n) is 6.94. The second-order valence-corrected chi connectivity index (χ2v) is 9.29. The van der Waals surface area contributed by atoms with Gasteiger partial charge < -0.3 is 0 Å². The molecule has 1 rings (SSSR count). The van der Waals surface area contributed by atoms with Crippen molar-refractivity contribution in [2.24, 2.45) is 5.41 Å². The van der Waals surface area contributed by atoms with E-state index in [1.165, 1.54) is 4.90 Å². The first-order chi connectivity index (χ1) is 8.42. The van der Waals surface area contributed by atoms with Gasteiger partial charge in [0.15, 0.2) is 0 Å². The lowest BCUT2D eigenvalue weighted by molar-refractivity contribution is -0.143. The molecule has 1 aliphatic heterocycles. The Morgan fingerprint density at radius 1 is 1.21 bits per heavy atom. The molecule has 1 aliphatic rings. The van der Waals surface area contributed by atoms with E-state index in [4.69, 9.17) is 0 Å². The quantitative estimate of drug-likeness (QED) is 0.745. The van der Waals surface area contributed by atoms with Crippen molar-refractivity contribution in [3.05, 3.63) is 0 Å². The van der Waals surface area contributed by atoms with E-state index in [1.807, 2.05) is 20.8 Å². The summed E-state index contributed by atoms with van der Waals surface area (Å²) in [6.45, 7) is 14.5. The topological polar surface area (TPSA) is 37.4 Å². The summed E-state index contributed by atoms with van der Waals surface area (Å²) < 4.78 is 0. The predicted octanol–water partition coefficient (Wildman–Crippen LogP) is 3.47. The van der Waals surface area contributed by atoms with E-state index in [0.717, 1.165) is 6.42 Å². The Balaban J connectivity index is 2.68. The molecule has 1 heterocycles. The van der Waals surface area contributed by atoms with Crippen LogP contribution < -0.4 is 0 Å². The minimum absolute atomic E-state index is 0.0109. The second kappa shape index (κ2) is 5.47. The summed E-state index contributed by atoms with van der Waals surface area (Å²) in [7, 11) is 0. The number of carbonyl (C=O) groups is 2. The fourth-order valence-electron chi connectivity index (χ4n) is 2.61. The molecule has 3 nitrogen and oxygen atoms in total. The zero-order valence-corrected chi connectivity index (χ0v) is 14.1. The summed E-state index contributed by atoms with van der Waals surface area (Å²) >= 11 is 1.65. The third-order valence-electron chi connectivity index (χ3n) is 3.07. The lowest BCUT2D eigenvalue weighted by Crippen LogP contribution is -2.46. The van der Waals surface area contributed by atoms with Crippen molar-refractivity contribution >= 4 is 23.6 Å². The molecule has 0 bridgehead atoms. The smallest absolute Gasteiger partial charge is 0.243 e. The summed E-state index contributed by atoms with van der Waals surface area (Å²) in [4.78, 5) is 25.8. The van der Waals surface area contributed by atoms with Crippen molar-refractivity contribution in [3.63, 3.8) is 0 Å². The van der Waals surface area contributed by atoms with Crippen molar-refractivity contribution < 1.29 is 9.59 Å². The van der Waals surface area contributed by atoms with Gasteiger partial charge in [0.25, 0.3) is 0 Å². The van der Waals surface area contributed by atoms with Crippen molar-refractivity contribution in [3.8, 4) is 0 Å². The van der Waals surface area contributed by atoms with Crippen LogP contribution in [0.1, 0.15) is 61.3 Å². The number of likely N-dealkylation sites (tertiary alicyclic amines) is 1. The van der Waals surface area contributed by atoms with E-state index >= 15 is 0 Å². The van der Waals surface area contributed by atoms with Gasteiger partial charge in [-0.2, -0.15) is 0 Å². The largest absolute Gasteiger partial charge is 0.276 e.